The molecule has 2 aromatic carbocycles. The number of aromatic nitrogens is 3. The minimum atomic E-state index is -0.414. The van der Waals surface area contributed by atoms with Gasteiger partial charge in [-0.15, -0.1) is 10.2 Å². The summed E-state index contributed by atoms with van der Waals surface area (Å²) in [6.07, 6.45) is 0.239. The van der Waals surface area contributed by atoms with Crippen molar-refractivity contribution in [1.29, 1.82) is 0 Å². The van der Waals surface area contributed by atoms with Crippen molar-refractivity contribution in [3.05, 3.63) is 81.8 Å². The van der Waals surface area contributed by atoms with Crippen LogP contribution < -0.4 is 10.9 Å². The summed E-state index contributed by atoms with van der Waals surface area (Å²) in [7, 11) is 0. The summed E-state index contributed by atoms with van der Waals surface area (Å²) in [4.78, 5) is 14.6. The second-order valence-electron chi connectivity index (χ2n) is 4.89. The summed E-state index contributed by atoms with van der Waals surface area (Å²) < 4.78 is 26.0. The van der Waals surface area contributed by atoms with Crippen LogP contribution in [0.1, 0.15) is 11.3 Å². The van der Waals surface area contributed by atoms with Gasteiger partial charge in [0.05, 0.1) is 0 Å². The zero-order chi connectivity index (χ0) is 16.2. The Morgan fingerprint density at radius 1 is 1.00 bits per heavy atom. The molecule has 0 spiro atoms. The minimum Gasteiger partial charge on any atom is -0.324 e. The standard InChI is InChI=1S/C16H12F2N4O/c17-11-6-4-10(5-7-11)8-14-15(23)20-16(22-21-14)19-13-3-1-2-12(18)9-13/h1-7,9H,8H2,(H2,19,20,22,23). The third kappa shape index (κ3) is 3.76. The molecule has 0 radical (unpaired) electrons. The molecule has 0 fully saturated rings. The van der Waals surface area contributed by atoms with Gasteiger partial charge < -0.3 is 5.32 Å². The average molecular weight is 314 g/mol. The molecular weight excluding hydrogens is 302 g/mol. The van der Waals surface area contributed by atoms with Gasteiger partial charge in [-0.1, -0.05) is 18.2 Å². The fraction of sp³-hybridized carbons (Fsp3) is 0.0625. The van der Waals surface area contributed by atoms with Crippen LogP contribution in [0.15, 0.2) is 53.3 Å². The van der Waals surface area contributed by atoms with Crippen LogP contribution in [0.3, 0.4) is 0 Å². The number of aromatic amines is 1. The van der Waals surface area contributed by atoms with Crippen molar-refractivity contribution in [2.75, 3.05) is 5.32 Å². The lowest BCUT2D eigenvalue weighted by atomic mass is 10.1. The Labute approximate surface area is 130 Å². The molecule has 0 aliphatic rings. The predicted octanol–water partition coefficient (Wildman–Crippen LogP) is 2.78. The van der Waals surface area contributed by atoms with Crippen molar-refractivity contribution in [2.24, 2.45) is 0 Å². The van der Waals surface area contributed by atoms with Crippen LogP contribution >= 0.6 is 0 Å². The normalized spacial score (nSPS) is 10.5. The van der Waals surface area contributed by atoms with Crippen LogP contribution in [0.25, 0.3) is 0 Å². The van der Waals surface area contributed by atoms with Gasteiger partial charge in [-0.25, -0.2) is 8.78 Å². The molecule has 0 bridgehead atoms. The first kappa shape index (κ1) is 14.8. The Bertz CT molecular complexity index is 878. The summed E-state index contributed by atoms with van der Waals surface area (Å²) in [5, 5.41) is 10.5. The number of H-pyrrole nitrogens is 1. The Morgan fingerprint density at radius 2 is 1.78 bits per heavy atom. The second-order valence-corrected chi connectivity index (χ2v) is 4.89. The van der Waals surface area contributed by atoms with Crippen LogP contribution in [-0.2, 0) is 6.42 Å². The molecule has 0 amide bonds. The highest BCUT2D eigenvalue weighted by Crippen LogP contribution is 2.13. The molecule has 0 aliphatic carbocycles. The molecule has 23 heavy (non-hydrogen) atoms. The second kappa shape index (κ2) is 6.35. The number of nitrogens with one attached hydrogen (secondary N) is 2. The van der Waals surface area contributed by atoms with E-state index in [0.29, 0.717) is 5.69 Å². The molecule has 0 saturated carbocycles. The first-order valence-corrected chi connectivity index (χ1v) is 6.83. The zero-order valence-corrected chi connectivity index (χ0v) is 11.9. The maximum Gasteiger partial charge on any atom is 0.274 e. The number of hydrogen-bond donors (Lipinski definition) is 2. The fourth-order valence-corrected chi connectivity index (χ4v) is 2.03. The van der Waals surface area contributed by atoms with Crippen molar-refractivity contribution < 1.29 is 8.78 Å². The molecule has 0 unspecified atom stereocenters. The van der Waals surface area contributed by atoms with Crippen molar-refractivity contribution in [1.82, 2.24) is 15.2 Å². The highest BCUT2D eigenvalue weighted by molar-refractivity contribution is 5.52. The van der Waals surface area contributed by atoms with Crippen LogP contribution in [0.5, 0.6) is 0 Å². The van der Waals surface area contributed by atoms with Crippen molar-refractivity contribution in [2.45, 2.75) is 6.42 Å². The van der Waals surface area contributed by atoms with Crippen molar-refractivity contribution in [3.8, 4) is 0 Å². The fourth-order valence-electron chi connectivity index (χ4n) is 2.03. The van der Waals surface area contributed by atoms with E-state index in [0.717, 1.165) is 5.56 Å². The van der Waals surface area contributed by atoms with Crippen LogP contribution in [0, 0.1) is 11.6 Å². The molecule has 3 rings (SSSR count). The quantitative estimate of drug-likeness (QED) is 0.777. The largest absolute Gasteiger partial charge is 0.324 e. The Balaban J connectivity index is 1.78. The van der Waals surface area contributed by atoms with E-state index in [1.54, 1.807) is 18.2 Å². The molecule has 1 heterocycles. The van der Waals surface area contributed by atoms with Crippen LogP contribution in [0.4, 0.5) is 20.4 Å². The summed E-state index contributed by atoms with van der Waals surface area (Å²) in [5.74, 6) is -0.634. The lowest BCUT2D eigenvalue weighted by molar-refractivity contribution is 0.627. The summed E-state index contributed by atoms with van der Waals surface area (Å²) >= 11 is 0. The molecule has 5 nitrogen and oxygen atoms in total. The van der Waals surface area contributed by atoms with E-state index in [9.17, 15) is 13.6 Å². The van der Waals surface area contributed by atoms with Gasteiger partial charge in [0.1, 0.15) is 17.3 Å². The van der Waals surface area contributed by atoms with Crippen LogP contribution in [0.2, 0.25) is 0 Å². The number of hydrogen-bond acceptors (Lipinski definition) is 4. The third-order valence-corrected chi connectivity index (χ3v) is 3.14. The number of nitrogens with zero attached hydrogens (tertiary/aromatic N) is 2. The van der Waals surface area contributed by atoms with Gasteiger partial charge in [0.15, 0.2) is 0 Å². The van der Waals surface area contributed by atoms with E-state index < -0.39 is 11.4 Å². The van der Waals surface area contributed by atoms with E-state index in [1.165, 1.54) is 30.3 Å². The molecule has 0 saturated heterocycles. The summed E-state index contributed by atoms with van der Waals surface area (Å²) in [6.45, 7) is 0. The first-order valence-electron chi connectivity index (χ1n) is 6.83. The highest BCUT2D eigenvalue weighted by atomic mass is 19.1. The smallest absolute Gasteiger partial charge is 0.274 e. The minimum absolute atomic E-state index is 0.114. The number of halogens is 2. The van der Waals surface area contributed by atoms with E-state index in [2.05, 4.69) is 20.5 Å². The van der Waals surface area contributed by atoms with E-state index in [-0.39, 0.29) is 23.9 Å². The van der Waals surface area contributed by atoms with Gasteiger partial charge >= 0.3 is 0 Å². The van der Waals surface area contributed by atoms with Gasteiger partial charge in [-0.2, -0.15) is 0 Å². The Morgan fingerprint density at radius 3 is 2.48 bits per heavy atom. The lowest BCUT2D eigenvalue weighted by Crippen LogP contribution is -2.18. The van der Waals surface area contributed by atoms with Gasteiger partial charge in [0.25, 0.3) is 5.56 Å². The zero-order valence-electron chi connectivity index (χ0n) is 11.9. The maximum absolute atomic E-state index is 13.1. The molecule has 0 aliphatic heterocycles. The lowest BCUT2D eigenvalue weighted by Gasteiger charge is -2.05. The summed E-state index contributed by atoms with van der Waals surface area (Å²) in [5.41, 5.74) is 0.989. The summed E-state index contributed by atoms with van der Waals surface area (Å²) in [6, 6.07) is 11.5. The van der Waals surface area contributed by atoms with Crippen LogP contribution in [-0.4, -0.2) is 15.2 Å². The number of rotatable bonds is 4. The molecule has 3 aromatic rings. The van der Waals surface area contributed by atoms with E-state index in [1.807, 2.05) is 0 Å². The third-order valence-electron chi connectivity index (χ3n) is 3.14. The first-order chi connectivity index (χ1) is 11.1. The number of benzene rings is 2. The molecule has 116 valence electrons. The molecule has 0 atom stereocenters. The van der Waals surface area contributed by atoms with Crippen molar-refractivity contribution in [3.63, 3.8) is 0 Å². The topological polar surface area (TPSA) is 70.7 Å². The van der Waals surface area contributed by atoms with E-state index >= 15 is 0 Å². The molecular formula is C16H12F2N4O. The highest BCUT2D eigenvalue weighted by Gasteiger charge is 2.07. The molecule has 1 aromatic heterocycles. The predicted molar refractivity (Wildman–Crippen MR) is 81.5 cm³/mol. The Kier molecular flexibility index (Phi) is 4.09. The van der Waals surface area contributed by atoms with E-state index in [4.69, 9.17) is 0 Å². The van der Waals surface area contributed by atoms with Gasteiger partial charge in [-0.3, -0.25) is 9.78 Å². The average Bonchev–Trinajstić information content (AvgIpc) is 2.52. The van der Waals surface area contributed by atoms with Gasteiger partial charge in [0, 0.05) is 12.1 Å². The Hall–Kier alpha value is -3.09. The van der Waals surface area contributed by atoms with Crippen molar-refractivity contribution >= 4 is 11.6 Å². The molecule has 7 heteroatoms. The SMILES string of the molecule is O=c1[nH]c(Nc2cccc(F)c2)nnc1Cc1ccc(F)cc1. The van der Waals surface area contributed by atoms with Gasteiger partial charge in [0.2, 0.25) is 5.95 Å². The number of anilines is 2. The maximum atomic E-state index is 13.1. The monoisotopic (exact) mass is 314 g/mol. The van der Waals surface area contributed by atoms with Gasteiger partial charge in [-0.05, 0) is 35.9 Å². The molecule has 2 N–H and O–H groups in total.